The third kappa shape index (κ3) is 6.82. The van der Waals surface area contributed by atoms with E-state index in [0.29, 0.717) is 19.1 Å². The lowest BCUT2D eigenvalue weighted by Crippen LogP contribution is -2.45. The van der Waals surface area contributed by atoms with E-state index in [-0.39, 0.29) is 11.3 Å². The molecule has 0 aliphatic heterocycles. The summed E-state index contributed by atoms with van der Waals surface area (Å²) >= 11 is 0. The summed E-state index contributed by atoms with van der Waals surface area (Å²) in [6.07, 6.45) is 9.83. The largest absolute Gasteiger partial charge is 0.399 e. The van der Waals surface area contributed by atoms with E-state index in [2.05, 4.69) is 77.6 Å². The highest BCUT2D eigenvalue weighted by Crippen LogP contribution is 2.45. The third-order valence-corrected chi connectivity index (χ3v) is 7.79. The topological polar surface area (TPSA) is 61.5 Å². The summed E-state index contributed by atoms with van der Waals surface area (Å²) in [5.41, 5.74) is 5.06. The summed E-state index contributed by atoms with van der Waals surface area (Å²) in [7, 11) is 1.66. The van der Waals surface area contributed by atoms with Gasteiger partial charge in [0.1, 0.15) is 19.8 Å². The van der Waals surface area contributed by atoms with Crippen molar-refractivity contribution >= 4 is 5.71 Å². The molecule has 0 unspecified atom stereocenters. The van der Waals surface area contributed by atoms with Crippen LogP contribution in [0.3, 0.4) is 0 Å². The monoisotopic (exact) mass is 488 g/mol. The summed E-state index contributed by atoms with van der Waals surface area (Å²) in [5, 5.41) is 9.08. The number of benzene rings is 2. The van der Waals surface area contributed by atoms with Crippen LogP contribution in [0.2, 0.25) is 0 Å². The molecule has 1 fully saturated rings. The molecular formula is C30H40N4O2. The normalized spacial score (nSPS) is 23.1. The minimum absolute atomic E-state index is 0.0722. The first kappa shape index (κ1) is 26.1. The van der Waals surface area contributed by atoms with Crippen molar-refractivity contribution in [2.45, 2.75) is 65.5 Å². The fourth-order valence-electron chi connectivity index (χ4n) is 5.50. The van der Waals surface area contributed by atoms with Gasteiger partial charge in [0.25, 0.3) is 0 Å². The molecule has 6 heteroatoms. The van der Waals surface area contributed by atoms with Crippen LogP contribution < -0.4 is 0 Å². The molecule has 0 radical (unpaired) electrons. The molecule has 4 rings (SSSR count). The van der Waals surface area contributed by atoms with Crippen molar-refractivity contribution in [1.29, 1.82) is 0 Å². The molecule has 1 saturated carbocycles. The maximum Gasteiger partial charge on any atom is 0.137 e. The number of ether oxygens (including phenoxy) is 1. The van der Waals surface area contributed by atoms with Gasteiger partial charge in [-0.2, -0.15) is 5.10 Å². The minimum Gasteiger partial charge on any atom is -0.399 e. The first-order valence-electron chi connectivity index (χ1n) is 13.2. The Morgan fingerprint density at radius 2 is 1.83 bits per heavy atom. The van der Waals surface area contributed by atoms with Crippen molar-refractivity contribution in [2.24, 2.45) is 22.4 Å². The highest BCUT2D eigenvalue weighted by molar-refractivity contribution is 5.92. The Hall–Kier alpha value is -2.99. The van der Waals surface area contributed by atoms with Crippen LogP contribution in [0.5, 0.6) is 0 Å². The number of oxime groups is 1. The van der Waals surface area contributed by atoms with Crippen LogP contribution in [0, 0.1) is 17.3 Å². The average molecular weight is 489 g/mol. The molecule has 192 valence electrons. The molecule has 0 N–H and O–H groups in total. The Labute approximate surface area is 215 Å². The molecule has 36 heavy (non-hydrogen) atoms. The van der Waals surface area contributed by atoms with E-state index in [1.807, 2.05) is 10.7 Å². The van der Waals surface area contributed by atoms with E-state index < -0.39 is 0 Å². The van der Waals surface area contributed by atoms with Gasteiger partial charge in [0.15, 0.2) is 0 Å². The van der Waals surface area contributed by atoms with Crippen LogP contribution >= 0.6 is 0 Å². The predicted octanol–water partition coefficient (Wildman–Crippen LogP) is 6.12. The standard InChI is InChI=1S/C30H40N4O2/c1-4-24-10-12-25(13-11-24)14-15-27-16-17-30(2,18-19-36-21-26-8-6-5-7-9-26)29(33-35-3)28(27)20-34-23-31-22-32-34/h5-13,22-23,27-28H,4,14-21H2,1-3H3/t27-,28+,30+/m1/s1. The number of hydrogen-bond donors (Lipinski definition) is 0. The van der Waals surface area contributed by atoms with Crippen LogP contribution in [0.25, 0.3) is 0 Å². The molecule has 1 heterocycles. The fourth-order valence-corrected chi connectivity index (χ4v) is 5.50. The van der Waals surface area contributed by atoms with Gasteiger partial charge in [-0.1, -0.05) is 73.6 Å². The highest BCUT2D eigenvalue weighted by atomic mass is 16.6. The first-order chi connectivity index (χ1) is 17.6. The second kappa shape index (κ2) is 12.8. The molecule has 1 aliphatic carbocycles. The molecule has 2 aromatic carbocycles. The van der Waals surface area contributed by atoms with E-state index in [1.165, 1.54) is 16.7 Å². The molecule has 0 amide bonds. The summed E-state index contributed by atoms with van der Waals surface area (Å²) in [6.45, 7) is 6.62. The van der Waals surface area contributed by atoms with Gasteiger partial charge >= 0.3 is 0 Å². The smallest absolute Gasteiger partial charge is 0.137 e. The van der Waals surface area contributed by atoms with Crippen molar-refractivity contribution in [3.05, 3.63) is 83.9 Å². The Balaban J connectivity index is 1.46. The number of aromatic nitrogens is 3. The van der Waals surface area contributed by atoms with Crippen molar-refractivity contribution < 1.29 is 9.57 Å². The maximum atomic E-state index is 6.08. The zero-order chi connectivity index (χ0) is 25.2. The van der Waals surface area contributed by atoms with E-state index in [4.69, 9.17) is 9.57 Å². The average Bonchev–Trinajstić information content (AvgIpc) is 3.43. The van der Waals surface area contributed by atoms with E-state index in [1.54, 1.807) is 19.8 Å². The summed E-state index contributed by atoms with van der Waals surface area (Å²) < 4.78 is 8.02. The van der Waals surface area contributed by atoms with Crippen molar-refractivity contribution in [2.75, 3.05) is 13.7 Å². The summed E-state index contributed by atoms with van der Waals surface area (Å²) in [6, 6.07) is 19.4. The quantitative estimate of drug-likeness (QED) is 0.228. The minimum atomic E-state index is -0.0722. The molecular weight excluding hydrogens is 448 g/mol. The Morgan fingerprint density at radius 3 is 2.53 bits per heavy atom. The number of hydrogen-bond acceptors (Lipinski definition) is 5. The summed E-state index contributed by atoms with van der Waals surface area (Å²) in [4.78, 5) is 9.62. The molecule has 6 nitrogen and oxygen atoms in total. The Kier molecular flexibility index (Phi) is 9.29. The van der Waals surface area contributed by atoms with Gasteiger partial charge in [-0.25, -0.2) is 4.98 Å². The van der Waals surface area contributed by atoms with Gasteiger partial charge in [0.2, 0.25) is 0 Å². The van der Waals surface area contributed by atoms with Gasteiger partial charge in [0.05, 0.1) is 18.9 Å². The van der Waals surface area contributed by atoms with Crippen molar-refractivity contribution in [1.82, 2.24) is 14.8 Å². The van der Waals surface area contributed by atoms with Crippen LogP contribution in [0.4, 0.5) is 0 Å². The van der Waals surface area contributed by atoms with E-state index in [9.17, 15) is 0 Å². The SMILES string of the molecule is CCc1ccc(CC[C@@H]2CC[C@@](C)(CCOCc3ccccc3)C(=NOC)[C@H]2Cn2cncn2)cc1. The van der Waals surface area contributed by atoms with E-state index in [0.717, 1.165) is 50.8 Å². The predicted molar refractivity (Wildman–Crippen MR) is 144 cm³/mol. The van der Waals surface area contributed by atoms with Crippen LogP contribution in [0.1, 0.15) is 56.2 Å². The van der Waals surface area contributed by atoms with Gasteiger partial charge in [-0.05, 0) is 61.1 Å². The lowest BCUT2D eigenvalue weighted by Gasteiger charge is -2.44. The zero-order valence-electron chi connectivity index (χ0n) is 22.0. The molecule has 3 aromatic rings. The molecule has 0 bridgehead atoms. The first-order valence-corrected chi connectivity index (χ1v) is 13.2. The molecule has 0 saturated heterocycles. The number of aryl methyl sites for hydroxylation is 2. The van der Waals surface area contributed by atoms with Gasteiger partial charge < -0.3 is 9.57 Å². The van der Waals surface area contributed by atoms with Crippen LogP contribution in [-0.2, 0) is 35.6 Å². The molecule has 1 aliphatic rings. The highest BCUT2D eigenvalue weighted by Gasteiger charge is 2.44. The lowest BCUT2D eigenvalue weighted by molar-refractivity contribution is 0.0877. The maximum absolute atomic E-state index is 6.08. The zero-order valence-corrected chi connectivity index (χ0v) is 22.0. The second-order valence-electron chi connectivity index (χ2n) is 10.2. The molecule has 0 spiro atoms. The van der Waals surface area contributed by atoms with Gasteiger partial charge in [0, 0.05) is 17.9 Å². The molecule has 1 aromatic heterocycles. The molecule has 3 atom stereocenters. The summed E-state index contributed by atoms with van der Waals surface area (Å²) in [5.74, 6) is 0.752. The van der Waals surface area contributed by atoms with Gasteiger partial charge in [-0.3, -0.25) is 4.68 Å². The fraction of sp³-hybridized carbons (Fsp3) is 0.500. The van der Waals surface area contributed by atoms with Crippen molar-refractivity contribution in [3.8, 4) is 0 Å². The van der Waals surface area contributed by atoms with Gasteiger partial charge in [-0.15, -0.1) is 0 Å². The lowest BCUT2D eigenvalue weighted by atomic mass is 9.62. The van der Waals surface area contributed by atoms with Crippen molar-refractivity contribution in [3.63, 3.8) is 0 Å². The second-order valence-corrected chi connectivity index (χ2v) is 10.2. The Bertz CT molecular complexity index is 1070. The third-order valence-electron chi connectivity index (χ3n) is 7.79. The van der Waals surface area contributed by atoms with Crippen LogP contribution in [-0.4, -0.2) is 34.2 Å². The number of rotatable bonds is 12. The van der Waals surface area contributed by atoms with E-state index >= 15 is 0 Å². The van der Waals surface area contributed by atoms with Crippen LogP contribution in [0.15, 0.2) is 72.4 Å². The number of nitrogens with zero attached hydrogens (tertiary/aromatic N) is 4. The Morgan fingerprint density at radius 1 is 1.06 bits per heavy atom.